The number of anilines is 1. The molecule has 0 saturated heterocycles. The van der Waals surface area contributed by atoms with Crippen LogP contribution in [0.5, 0.6) is 0 Å². The second-order valence-electron chi connectivity index (χ2n) is 5.30. The number of benzene rings is 1. The van der Waals surface area contributed by atoms with Crippen molar-refractivity contribution in [3.05, 3.63) is 53.5 Å². The van der Waals surface area contributed by atoms with Crippen molar-refractivity contribution >= 4 is 11.8 Å². The van der Waals surface area contributed by atoms with Gasteiger partial charge in [-0.2, -0.15) is 0 Å². The molecule has 0 amide bonds. The normalized spacial score (nSPS) is 11.8. The van der Waals surface area contributed by atoms with Gasteiger partial charge in [0.15, 0.2) is 6.04 Å². The van der Waals surface area contributed by atoms with Crippen LogP contribution in [0.1, 0.15) is 37.0 Å². The Morgan fingerprint density at radius 3 is 2.70 bits per heavy atom. The number of hydrogen-bond donors (Lipinski definition) is 2. The summed E-state index contributed by atoms with van der Waals surface area (Å²) in [5.41, 5.74) is 4.60. The van der Waals surface area contributed by atoms with Crippen LogP contribution in [-0.4, -0.2) is 17.6 Å². The molecule has 0 spiro atoms. The molecule has 0 aliphatic rings. The van der Waals surface area contributed by atoms with E-state index in [0.717, 1.165) is 17.1 Å². The fourth-order valence-electron chi connectivity index (χ4n) is 2.51. The number of nitrogen functional groups attached to an aromatic ring is 1. The first-order chi connectivity index (χ1) is 11.1. The van der Waals surface area contributed by atoms with Gasteiger partial charge in [0.2, 0.25) is 11.6 Å². The zero-order valence-electron chi connectivity index (χ0n) is 13.7. The van der Waals surface area contributed by atoms with E-state index in [1.165, 1.54) is 0 Å². The van der Waals surface area contributed by atoms with Crippen molar-refractivity contribution in [3.8, 4) is 0 Å². The van der Waals surface area contributed by atoms with Gasteiger partial charge in [0.25, 0.3) is 0 Å². The Morgan fingerprint density at radius 1 is 1.39 bits per heavy atom. The molecule has 0 radical (unpaired) electrons. The molecule has 0 aliphatic heterocycles. The van der Waals surface area contributed by atoms with Gasteiger partial charge < -0.3 is 4.74 Å². The molecule has 0 aliphatic carbocycles. The van der Waals surface area contributed by atoms with Crippen LogP contribution in [0.3, 0.4) is 0 Å². The maximum absolute atomic E-state index is 12.2. The predicted octanol–water partition coefficient (Wildman–Crippen LogP) is 1.68. The number of carbonyl (C=O) groups is 1. The molecule has 1 heterocycles. The Balaban J connectivity index is 2.47. The minimum Gasteiger partial charge on any atom is -0.463 e. The highest BCUT2D eigenvalue weighted by Crippen LogP contribution is 2.13. The standard InChI is InChI=1S/C17H22N4O2/c1-4-23-17(22)13(3)21-15(11-14-8-6-5-7-9-14)19-12(2)10-16(21)20-18/h5-10,13H,4,11,18H2,1-3H3/p+1. The maximum Gasteiger partial charge on any atom is 0.343 e. The Kier molecular flexibility index (Phi) is 5.65. The second kappa shape index (κ2) is 7.69. The SMILES string of the molecule is CCOC(=O)C(C)[n+]1c(NN)cc(C)nc1Cc1ccccc1. The lowest BCUT2D eigenvalue weighted by Gasteiger charge is -2.16. The van der Waals surface area contributed by atoms with Gasteiger partial charge in [0.1, 0.15) is 5.69 Å². The van der Waals surface area contributed by atoms with Crippen LogP contribution in [0.4, 0.5) is 5.82 Å². The number of nitrogens with one attached hydrogen (secondary N) is 1. The van der Waals surface area contributed by atoms with Crippen LogP contribution in [-0.2, 0) is 16.0 Å². The molecule has 1 aromatic carbocycles. The summed E-state index contributed by atoms with van der Waals surface area (Å²) < 4.78 is 6.93. The lowest BCUT2D eigenvalue weighted by Crippen LogP contribution is -2.50. The summed E-state index contributed by atoms with van der Waals surface area (Å²) in [5.74, 6) is 6.71. The maximum atomic E-state index is 12.2. The summed E-state index contributed by atoms with van der Waals surface area (Å²) in [6.07, 6.45) is 0.598. The summed E-state index contributed by atoms with van der Waals surface area (Å²) in [4.78, 5) is 16.8. The summed E-state index contributed by atoms with van der Waals surface area (Å²) in [6.45, 7) is 5.80. The summed E-state index contributed by atoms with van der Waals surface area (Å²) >= 11 is 0. The van der Waals surface area contributed by atoms with Crippen molar-refractivity contribution < 1.29 is 14.1 Å². The van der Waals surface area contributed by atoms with Gasteiger partial charge in [-0.05, 0) is 26.3 Å². The molecule has 0 fully saturated rings. The number of aryl methyl sites for hydroxylation is 1. The average Bonchev–Trinajstić information content (AvgIpc) is 2.55. The molecule has 6 nitrogen and oxygen atoms in total. The highest BCUT2D eigenvalue weighted by atomic mass is 16.5. The number of carbonyl (C=O) groups excluding carboxylic acids is 1. The Morgan fingerprint density at radius 2 is 2.09 bits per heavy atom. The van der Waals surface area contributed by atoms with Gasteiger partial charge in [0, 0.05) is 0 Å². The van der Waals surface area contributed by atoms with Crippen molar-refractivity contribution in [2.45, 2.75) is 33.2 Å². The van der Waals surface area contributed by atoms with Gasteiger partial charge in [-0.3, -0.25) is 0 Å². The number of ether oxygens (including phenoxy) is 1. The van der Waals surface area contributed by atoms with Crippen molar-refractivity contribution in [2.24, 2.45) is 5.84 Å². The fourth-order valence-corrected chi connectivity index (χ4v) is 2.51. The second-order valence-corrected chi connectivity index (χ2v) is 5.30. The lowest BCUT2D eigenvalue weighted by atomic mass is 10.1. The first kappa shape index (κ1) is 16.9. The van der Waals surface area contributed by atoms with Crippen LogP contribution in [0.15, 0.2) is 36.4 Å². The molecule has 1 unspecified atom stereocenters. The zero-order chi connectivity index (χ0) is 16.8. The molecule has 2 aromatic rings. The van der Waals surface area contributed by atoms with Crippen molar-refractivity contribution in [3.63, 3.8) is 0 Å². The third-order valence-electron chi connectivity index (χ3n) is 3.56. The minimum absolute atomic E-state index is 0.311. The van der Waals surface area contributed by atoms with E-state index in [1.54, 1.807) is 18.4 Å². The topological polar surface area (TPSA) is 81.1 Å². The number of hydrogen-bond acceptors (Lipinski definition) is 5. The third kappa shape index (κ3) is 4.04. The smallest absolute Gasteiger partial charge is 0.343 e. The van der Waals surface area contributed by atoms with Crippen LogP contribution >= 0.6 is 0 Å². The highest BCUT2D eigenvalue weighted by molar-refractivity contribution is 5.72. The van der Waals surface area contributed by atoms with Crippen LogP contribution in [0.25, 0.3) is 0 Å². The van der Waals surface area contributed by atoms with Gasteiger partial charge in [-0.1, -0.05) is 30.3 Å². The molecule has 1 aromatic heterocycles. The third-order valence-corrected chi connectivity index (χ3v) is 3.56. The predicted molar refractivity (Wildman–Crippen MR) is 87.6 cm³/mol. The van der Waals surface area contributed by atoms with E-state index in [1.807, 2.05) is 43.3 Å². The van der Waals surface area contributed by atoms with E-state index in [4.69, 9.17) is 10.6 Å². The summed E-state index contributed by atoms with van der Waals surface area (Å²) in [7, 11) is 0. The quantitative estimate of drug-likeness (QED) is 0.367. The Bertz CT molecular complexity index is 674. The van der Waals surface area contributed by atoms with Gasteiger partial charge >= 0.3 is 5.97 Å². The number of aromatic nitrogens is 2. The van der Waals surface area contributed by atoms with Crippen molar-refractivity contribution in [1.82, 2.24) is 4.98 Å². The molecule has 1 atom stereocenters. The van der Waals surface area contributed by atoms with E-state index in [0.29, 0.717) is 18.8 Å². The molecule has 2 rings (SSSR count). The lowest BCUT2D eigenvalue weighted by molar-refractivity contribution is -0.704. The highest BCUT2D eigenvalue weighted by Gasteiger charge is 2.27. The molecular formula is C17H23N4O2+. The molecule has 0 bridgehead atoms. The molecule has 23 heavy (non-hydrogen) atoms. The van der Waals surface area contributed by atoms with E-state index < -0.39 is 6.04 Å². The molecule has 0 saturated carbocycles. The zero-order valence-corrected chi connectivity index (χ0v) is 13.7. The molecular weight excluding hydrogens is 292 g/mol. The number of hydrazine groups is 1. The average molecular weight is 315 g/mol. The van der Waals surface area contributed by atoms with Crippen LogP contribution in [0.2, 0.25) is 0 Å². The van der Waals surface area contributed by atoms with Crippen molar-refractivity contribution in [1.29, 1.82) is 0 Å². The van der Waals surface area contributed by atoms with Gasteiger partial charge in [0.05, 0.1) is 19.1 Å². The van der Waals surface area contributed by atoms with Crippen molar-refractivity contribution in [2.75, 3.05) is 12.0 Å². The monoisotopic (exact) mass is 315 g/mol. The first-order valence-corrected chi connectivity index (χ1v) is 7.66. The molecule has 3 N–H and O–H groups in total. The van der Waals surface area contributed by atoms with E-state index in [9.17, 15) is 4.79 Å². The number of rotatable bonds is 6. The van der Waals surface area contributed by atoms with E-state index >= 15 is 0 Å². The van der Waals surface area contributed by atoms with Crippen LogP contribution < -0.4 is 15.8 Å². The number of nitrogens with two attached hydrogens (primary N) is 1. The largest absolute Gasteiger partial charge is 0.463 e. The van der Waals surface area contributed by atoms with Gasteiger partial charge in [-0.25, -0.2) is 20.6 Å². The van der Waals surface area contributed by atoms with Gasteiger partial charge in [-0.15, -0.1) is 4.98 Å². The first-order valence-electron chi connectivity index (χ1n) is 7.66. The molecule has 6 heteroatoms. The summed E-state index contributed by atoms with van der Waals surface area (Å²) in [6, 6.07) is 11.3. The number of esters is 1. The Hall–Kier alpha value is -2.47. The molecule has 122 valence electrons. The fraction of sp³-hybridized carbons (Fsp3) is 0.353. The summed E-state index contributed by atoms with van der Waals surface area (Å²) in [5, 5.41) is 0. The Labute approximate surface area is 136 Å². The van der Waals surface area contributed by atoms with E-state index in [2.05, 4.69) is 10.4 Å². The van der Waals surface area contributed by atoms with E-state index in [-0.39, 0.29) is 5.97 Å². The number of nitrogens with zero attached hydrogens (tertiary/aromatic N) is 2. The minimum atomic E-state index is -0.521. The van der Waals surface area contributed by atoms with Crippen LogP contribution in [0, 0.1) is 6.92 Å².